The lowest BCUT2D eigenvalue weighted by Gasteiger charge is -2.18. The Morgan fingerprint density at radius 3 is 2.00 bits per heavy atom. The van der Waals surface area contributed by atoms with Crippen molar-refractivity contribution in [2.45, 2.75) is 34.6 Å². The Morgan fingerprint density at radius 2 is 1.41 bits per heavy atom. The second kappa shape index (κ2) is 3.73. The van der Waals surface area contributed by atoms with Gasteiger partial charge < -0.3 is 4.57 Å². The van der Waals surface area contributed by atoms with E-state index in [1.54, 1.807) is 10.6 Å². The molecular weight excluding hydrogens is 210 g/mol. The third kappa shape index (κ3) is 1.51. The molecule has 1 aromatic heterocycles. The molecule has 1 aromatic carbocycles. The van der Waals surface area contributed by atoms with Crippen molar-refractivity contribution in [3.05, 3.63) is 44.2 Å². The maximum atomic E-state index is 11.9. The summed E-state index contributed by atoms with van der Waals surface area (Å²) >= 11 is 0. The smallest absolute Gasteiger partial charge is 0.251 e. The molecule has 90 valence electrons. The molecule has 0 aliphatic rings. The predicted octanol–water partition coefficient (Wildman–Crippen LogP) is 3.08. The highest BCUT2D eigenvalue weighted by molar-refractivity contribution is 5.90. The highest BCUT2D eigenvalue weighted by Gasteiger charge is 2.13. The lowest BCUT2D eigenvalue weighted by atomic mass is 9.92. The predicted molar refractivity (Wildman–Crippen MR) is 72.9 cm³/mol. The van der Waals surface area contributed by atoms with E-state index in [4.69, 9.17) is 0 Å². The van der Waals surface area contributed by atoms with Crippen molar-refractivity contribution in [2.75, 3.05) is 0 Å². The molecule has 0 aliphatic carbocycles. The first-order chi connectivity index (χ1) is 7.86. The average Bonchev–Trinajstić information content (AvgIpc) is 2.28. The number of hydrogen-bond acceptors (Lipinski definition) is 1. The summed E-state index contributed by atoms with van der Waals surface area (Å²) in [4.78, 5) is 11.9. The highest BCUT2D eigenvalue weighted by Crippen LogP contribution is 2.29. The summed E-state index contributed by atoms with van der Waals surface area (Å²) < 4.78 is 1.76. The maximum Gasteiger partial charge on any atom is 0.251 e. The van der Waals surface area contributed by atoms with Crippen molar-refractivity contribution in [1.82, 2.24) is 4.57 Å². The van der Waals surface area contributed by atoms with Gasteiger partial charge in [0.05, 0.1) is 5.52 Å². The zero-order valence-electron chi connectivity index (χ0n) is 11.4. The second-order valence-electron chi connectivity index (χ2n) is 4.95. The molecule has 17 heavy (non-hydrogen) atoms. The van der Waals surface area contributed by atoms with Gasteiger partial charge in [-0.15, -0.1) is 0 Å². The lowest BCUT2D eigenvalue weighted by molar-refractivity contribution is 0.895. The SMILES string of the molecule is Cc1c(C)c(C)c2c(c(C)cc(=O)n2C)c1C. The standard InChI is InChI=1S/C15H19NO/c1-8-7-13(17)16(6)15-12(5)10(3)9(2)11(4)14(8)15/h7H,1-6H3. The molecule has 0 atom stereocenters. The number of hydrogen-bond donors (Lipinski definition) is 0. The molecule has 0 unspecified atom stereocenters. The molecule has 0 saturated carbocycles. The molecular formula is C15H19NO. The molecule has 0 N–H and O–H groups in total. The molecule has 0 fully saturated rings. The lowest BCUT2D eigenvalue weighted by Crippen LogP contribution is -2.18. The maximum absolute atomic E-state index is 11.9. The van der Waals surface area contributed by atoms with Gasteiger partial charge in [0.15, 0.2) is 0 Å². The summed E-state index contributed by atoms with van der Waals surface area (Å²) in [5.41, 5.74) is 7.35. The minimum Gasteiger partial charge on any atom is -0.311 e. The molecule has 2 nitrogen and oxygen atoms in total. The van der Waals surface area contributed by atoms with E-state index >= 15 is 0 Å². The quantitative estimate of drug-likeness (QED) is 0.680. The molecule has 2 aromatic rings. The minimum atomic E-state index is 0.0701. The Kier molecular flexibility index (Phi) is 2.61. The molecule has 0 radical (unpaired) electrons. The summed E-state index contributed by atoms with van der Waals surface area (Å²) in [6, 6.07) is 1.73. The van der Waals surface area contributed by atoms with E-state index in [0.717, 1.165) is 11.1 Å². The van der Waals surface area contributed by atoms with Crippen molar-refractivity contribution in [3.63, 3.8) is 0 Å². The largest absolute Gasteiger partial charge is 0.311 e. The fourth-order valence-electron chi connectivity index (χ4n) is 2.66. The molecule has 0 spiro atoms. The Morgan fingerprint density at radius 1 is 0.882 bits per heavy atom. The van der Waals surface area contributed by atoms with Crippen molar-refractivity contribution < 1.29 is 0 Å². The van der Waals surface area contributed by atoms with E-state index in [1.165, 1.54) is 27.6 Å². The van der Waals surface area contributed by atoms with Gasteiger partial charge in [-0.3, -0.25) is 4.79 Å². The first-order valence-corrected chi connectivity index (χ1v) is 5.93. The molecule has 0 bridgehead atoms. The van der Waals surface area contributed by atoms with Crippen LogP contribution in [-0.2, 0) is 7.05 Å². The molecule has 0 amide bonds. The van der Waals surface area contributed by atoms with Gasteiger partial charge in [0.1, 0.15) is 0 Å². The number of aromatic nitrogens is 1. The molecule has 2 rings (SSSR count). The van der Waals surface area contributed by atoms with Crippen LogP contribution in [0, 0.1) is 34.6 Å². The van der Waals surface area contributed by atoms with Crippen LogP contribution >= 0.6 is 0 Å². The molecule has 2 heteroatoms. The summed E-state index contributed by atoms with van der Waals surface area (Å²) in [7, 11) is 1.85. The molecule has 0 saturated heterocycles. The van der Waals surface area contributed by atoms with Gasteiger partial charge in [0.25, 0.3) is 5.56 Å². The third-order valence-corrected chi connectivity index (χ3v) is 4.05. The summed E-state index contributed by atoms with van der Waals surface area (Å²) in [6.07, 6.45) is 0. The van der Waals surface area contributed by atoms with Crippen molar-refractivity contribution in [1.29, 1.82) is 0 Å². The van der Waals surface area contributed by atoms with Crippen LogP contribution in [0.5, 0.6) is 0 Å². The summed E-state index contributed by atoms with van der Waals surface area (Å²) in [6.45, 7) is 10.5. The minimum absolute atomic E-state index is 0.0701. The topological polar surface area (TPSA) is 22.0 Å². The highest BCUT2D eigenvalue weighted by atomic mass is 16.1. The number of nitrogens with zero attached hydrogens (tertiary/aromatic N) is 1. The average molecular weight is 229 g/mol. The van der Waals surface area contributed by atoms with Crippen LogP contribution in [0.25, 0.3) is 10.9 Å². The van der Waals surface area contributed by atoms with Crippen LogP contribution in [0.4, 0.5) is 0 Å². The molecule has 1 heterocycles. The van der Waals surface area contributed by atoms with Crippen LogP contribution < -0.4 is 5.56 Å². The fraction of sp³-hybridized carbons (Fsp3) is 0.400. The van der Waals surface area contributed by atoms with Gasteiger partial charge in [-0.1, -0.05) is 0 Å². The van der Waals surface area contributed by atoms with Gasteiger partial charge in [0, 0.05) is 18.5 Å². The van der Waals surface area contributed by atoms with Gasteiger partial charge in [-0.2, -0.15) is 0 Å². The van der Waals surface area contributed by atoms with Crippen LogP contribution in [-0.4, -0.2) is 4.57 Å². The van der Waals surface area contributed by atoms with Gasteiger partial charge in [-0.05, 0) is 62.4 Å². The van der Waals surface area contributed by atoms with Crippen molar-refractivity contribution >= 4 is 10.9 Å². The Hall–Kier alpha value is -1.57. The summed E-state index contributed by atoms with van der Waals surface area (Å²) in [5.74, 6) is 0. The Labute approximate surface area is 102 Å². The first-order valence-electron chi connectivity index (χ1n) is 5.93. The zero-order valence-corrected chi connectivity index (χ0v) is 11.4. The van der Waals surface area contributed by atoms with Crippen LogP contribution in [0.15, 0.2) is 10.9 Å². The van der Waals surface area contributed by atoms with Crippen LogP contribution in [0.3, 0.4) is 0 Å². The van der Waals surface area contributed by atoms with Gasteiger partial charge >= 0.3 is 0 Å². The first kappa shape index (κ1) is 11.9. The van der Waals surface area contributed by atoms with E-state index in [2.05, 4.69) is 27.7 Å². The third-order valence-electron chi connectivity index (χ3n) is 4.05. The Balaban J connectivity index is 3.23. The van der Waals surface area contributed by atoms with Crippen LogP contribution in [0.2, 0.25) is 0 Å². The second-order valence-corrected chi connectivity index (χ2v) is 4.95. The number of fused-ring (bicyclic) bond motifs is 1. The number of benzene rings is 1. The number of pyridine rings is 1. The molecule has 0 aliphatic heterocycles. The van der Waals surface area contributed by atoms with Crippen molar-refractivity contribution in [2.24, 2.45) is 7.05 Å². The van der Waals surface area contributed by atoms with E-state index < -0.39 is 0 Å². The van der Waals surface area contributed by atoms with Crippen molar-refractivity contribution in [3.8, 4) is 0 Å². The van der Waals surface area contributed by atoms with Gasteiger partial charge in [-0.25, -0.2) is 0 Å². The zero-order chi connectivity index (χ0) is 12.9. The van der Waals surface area contributed by atoms with E-state index in [9.17, 15) is 4.79 Å². The number of aryl methyl sites for hydroxylation is 4. The van der Waals surface area contributed by atoms with Gasteiger partial charge in [0.2, 0.25) is 0 Å². The fourth-order valence-corrected chi connectivity index (χ4v) is 2.66. The summed E-state index contributed by atoms with van der Waals surface area (Å²) in [5, 5.41) is 1.23. The number of rotatable bonds is 0. The van der Waals surface area contributed by atoms with E-state index in [-0.39, 0.29) is 5.56 Å². The van der Waals surface area contributed by atoms with E-state index in [0.29, 0.717) is 0 Å². The Bertz CT molecular complexity index is 678. The monoisotopic (exact) mass is 229 g/mol. The normalized spacial score (nSPS) is 11.2. The van der Waals surface area contributed by atoms with Crippen LogP contribution in [0.1, 0.15) is 27.8 Å². The van der Waals surface area contributed by atoms with E-state index in [1.807, 2.05) is 14.0 Å².